The number of methoxy groups -OCH3 is 1. The van der Waals surface area contributed by atoms with E-state index in [2.05, 4.69) is 18.2 Å². The van der Waals surface area contributed by atoms with E-state index in [-0.39, 0.29) is 0 Å². The average molecular weight is 294 g/mol. The zero-order valence-electron chi connectivity index (χ0n) is 10.7. The Morgan fingerprint density at radius 3 is 2.74 bits per heavy atom. The van der Waals surface area contributed by atoms with Crippen molar-refractivity contribution in [3.05, 3.63) is 58.6 Å². The third kappa shape index (κ3) is 3.90. The summed E-state index contributed by atoms with van der Waals surface area (Å²) in [5.74, 6) is 1.73. The van der Waals surface area contributed by atoms with Crippen LogP contribution >= 0.6 is 23.4 Å². The first-order valence-electron chi connectivity index (χ1n) is 5.97. The molecule has 0 aliphatic heterocycles. The summed E-state index contributed by atoms with van der Waals surface area (Å²) in [6, 6.07) is 14.0. The van der Waals surface area contributed by atoms with Gasteiger partial charge >= 0.3 is 0 Å². The van der Waals surface area contributed by atoms with Gasteiger partial charge in [0.05, 0.1) is 7.11 Å². The van der Waals surface area contributed by atoms with E-state index in [0.29, 0.717) is 6.54 Å². The molecule has 2 aromatic carbocycles. The lowest BCUT2D eigenvalue weighted by Crippen LogP contribution is -2.00. The van der Waals surface area contributed by atoms with Gasteiger partial charge in [-0.05, 0) is 35.9 Å². The van der Waals surface area contributed by atoms with Crippen LogP contribution in [0.5, 0.6) is 5.75 Å². The van der Waals surface area contributed by atoms with Crippen molar-refractivity contribution >= 4 is 23.4 Å². The summed E-state index contributed by atoms with van der Waals surface area (Å²) in [4.78, 5) is 1.16. The smallest absolute Gasteiger partial charge is 0.123 e. The Kier molecular flexibility index (Phi) is 5.14. The normalized spacial score (nSPS) is 10.5. The van der Waals surface area contributed by atoms with E-state index in [1.54, 1.807) is 18.9 Å². The summed E-state index contributed by atoms with van der Waals surface area (Å²) in [5.41, 5.74) is 7.98. The van der Waals surface area contributed by atoms with Crippen LogP contribution < -0.4 is 10.5 Å². The molecule has 0 fully saturated rings. The van der Waals surface area contributed by atoms with Gasteiger partial charge < -0.3 is 10.5 Å². The number of halogens is 1. The topological polar surface area (TPSA) is 35.2 Å². The molecule has 4 heteroatoms. The number of hydrogen-bond donors (Lipinski definition) is 1. The molecule has 19 heavy (non-hydrogen) atoms. The molecule has 0 saturated carbocycles. The van der Waals surface area contributed by atoms with Crippen LogP contribution in [0.3, 0.4) is 0 Å². The highest BCUT2D eigenvalue weighted by atomic mass is 35.5. The average Bonchev–Trinajstić information content (AvgIpc) is 2.45. The third-order valence-corrected chi connectivity index (χ3v) is 4.07. The minimum atomic E-state index is 0.485. The van der Waals surface area contributed by atoms with Crippen LogP contribution in [0.25, 0.3) is 0 Å². The number of benzene rings is 2. The van der Waals surface area contributed by atoms with Crippen molar-refractivity contribution in [2.75, 3.05) is 7.11 Å². The Morgan fingerprint density at radius 2 is 2.05 bits per heavy atom. The summed E-state index contributed by atoms with van der Waals surface area (Å²) in [6.07, 6.45) is 0. The first-order valence-corrected chi connectivity index (χ1v) is 7.33. The Bertz CT molecular complexity index is 560. The summed E-state index contributed by atoms with van der Waals surface area (Å²) < 4.78 is 5.27. The highest BCUT2D eigenvalue weighted by Crippen LogP contribution is 2.27. The van der Waals surface area contributed by atoms with Gasteiger partial charge in [0.2, 0.25) is 0 Å². The van der Waals surface area contributed by atoms with Crippen molar-refractivity contribution in [3.8, 4) is 5.75 Å². The Morgan fingerprint density at radius 1 is 1.21 bits per heavy atom. The van der Waals surface area contributed by atoms with Crippen molar-refractivity contribution in [1.29, 1.82) is 0 Å². The van der Waals surface area contributed by atoms with Gasteiger partial charge in [-0.1, -0.05) is 23.7 Å². The zero-order valence-corrected chi connectivity index (χ0v) is 12.3. The highest BCUT2D eigenvalue weighted by Gasteiger charge is 2.03. The lowest BCUT2D eigenvalue weighted by molar-refractivity contribution is 0.409. The van der Waals surface area contributed by atoms with Crippen LogP contribution in [0.1, 0.15) is 11.1 Å². The molecule has 2 N–H and O–H groups in total. The van der Waals surface area contributed by atoms with E-state index in [1.807, 2.05) is 24.3 Å². The van der Waals surface area contributed by atoms with Crippen molar-refractivity contribution < 1.29 is 4.74 Å². The molecule has 100 valence electrons. The van der Waals surface area contributed by atoms with Crippen LogP contribution in [-0.4, -0.2) is 7.11 Å². The van der Waals surface area contributed by atoms with Gasteiger partial charge in [0.15, 0.2) is 0 Å². The molecule has 0 radical (unpaired) electrons. The maximum atomic E-state index is 5.97. The standard InChI is InChI=1S/C15H16ClNOS/c1-18-15-6-5-11(7-12(15)9-17)10-19-14-4-2-3-13(16)8-14/h2-8H,9-10,17H2,1H3. The van der Waals surface area contributed by atoms with Crippen LogP contribution in [0, 0.1) is 0 Å². The molecule has 0 amide bonds. The minimum Gasteiger partial charge on any atom is -0.496 e. The molecule has 0 heterocycles. The predicted molar refractivity (Wildman–Crippen MR) is 81.9 cm³/mol. The molecular formula is C15H16ClNOS. The van der Waals surface area contributed by atoms with Gasteiger partial charge in [-0.15, -0.1) is 11.8 Å². The first-order chi connectivity index (χ1) is 9.22. The molecule has 2 nitrogen and oxygen atoms in total. The molecule has 0 aliphatic rings. The van der Waals surface area contributed by atoms with E-state index in [9.17, 15) is 0 Å². The molecule has 2 rings (SSSR count). The number of nitrogens with two attached hydrogens (primary N) is 1. The minimum absolute atomic E-state index is 0.485. The van der Waals surface area contributed by atoms with Crippen molar-refractivity contribution in [2.24, 2.45) is 5.73 Å². The van der Waals surface area contributed by atoms with Crippen molar-refractivity contribution in [3.63, 3.8) is 0 Å². The number of hydrogen-bond acceptors (Lipinski definition) is 3. The van der Waals surface area contributed by atoms with E-state index in [0.717, 1.165) is 27.0 Å². The maximum Gasteiger partial charge on any atom is 0.123 e. The lowest BCUT2D eigenvalue weighted by Gasteiger charge is -2.09. The number of thioether (sulfide) groups is 1. The van der Waals surface area contributed by atoms with Gasteiger partial charge in [-0.3, -0.25) is 0 Å². The maximum absolute atomic E-state index is 5.97. The van der Waals surface area contributed by atoms with Crippen molar-refractivity contribution in [1.82, 2.24) is 0 Å². The third-order valence-electron chi connectivity index (χ3n) is 2.77. The number of rotatable bonds is 5. The van der Waals surface area contributed by atoms with Crippen LogP contribution in [0.15, 0.2) is 47.4 Å². The van der Waals surface area contributed by atoms with Gasteiger partial charge in [-0.2, -0.15) is 0 Å². The highest BCUT2D eigenvalue weighted by molar-refractivity contribution is 7.98. The molecule has 0 saturated heterocycles. The lowest BCUT2D eigenvalue weighted by atomic mass is 10.1. The van der Waals surface area contributed by atoms with Gasteiger partial charge in [0.1, 0.15) is 5.75 Å². The molecule has 0 aromatic heterocycles. The van der Waals surface area contributed by atoms with Crippen LogP contribution in [-0.2, 0) is 12.3 Å². The fraction of sp³-hybridized carbons (Fsp3) is 0.200. The molecule has 0 unspecified atom stereocenters. The summed E-state index contributed by atoms with van der Waals surface area (Å²) in [7, 11) is 1.66. The number of ether oxygens (including phenoxy) is 1. The molecule has 0 bridgehead atoms. The SMILES string of the molecule is COc1ccc(CSc2cccc(Cl)c2)cc1CN. The summed E-state index contributed by atoms with van der Waals surface area (Å²) in [5, 5.41) is 0.766. The quantitative estimate of drug-likeness (QED) is 0.843. The van der Waals surface area contributed by atoms with Gasteiger partial charge in [0, 0.05) is 27.8 Å². The largest absolute Gasteiger partial charge is 0.496 e. The zero-order chi connectivity index (χ0) is 13.7. The van der Waals surface area contributed by atoms with E-state index in [1.165, 1.54) is 5.56 Å². The Labute approximate surface area is 122 Å². The Hall–Kier alpha value is -1.16. The fourth-order valence-corrected chi connectivity index (χ4v) is 2.96. The molecule has 0 spiro atoms. The van der Waals surface area contributed by atoms with Crippen molar-refractivity contribution in [2.45, 2.75) is 17.2 Å². The van der Waals surface area contributed by atoms with Gasteiger partial charge in [0.25, 0.3) is 0 Å². The molecule has 2 aromatic rings. The fourth-order valence-electron chi connectivity index (χ4n) is 1.80. The molecular weight excluding hydrogens is 278 g/mol. The summed E-state index contributed by atoms with van der Waals surface area (Å²) >= 11 is 7.72. The Balaban J connectivity index is 2.07. The summed E-state index contributed by atoms with van der Waals surface area (Å²) in [6.45, 7) is 0.485. The van der Waals surface area contributed by atoms with E-state index < -0.39 is 0 Å². The monoisotopic (exact) mass is 293 g/mol. The molecule has 0 aliphatic carbocycles. The second kappa shape index (κ2) is 6.85. The van der Waals surface area contributed by atoms with Gasteiger partial charge in [-0.25, -0.2) is 0 Å². The predicted octanol–water partition coefficient (Wildman–Crippen LogP) is 4.10. The van der Waals surface area contributed by atoms with Crippen LogP contribution in [0.2, 0.25) is 5.02 Å². The second-order valence-corrected chi connectivity index (χ2v) is 5.58. The first kappa shape index (κ1) is 14.3. The molecule has 0 atom stereocenters. The second-order valence-electron chi connectivity index (χ2n) is 4.10. The van der Waals surface area contributed by atoms with E-state index >= 15 is 0 Å². The van der Waals surface area contributed by atoms with E-state index in [4.69, 9.17) is 22.1 Å². The van der Waals surface area contributed by atoms with Crippen LogP contribution in [0.4, 0.5) is 0 Å².